The lowest BCUT2D eigenvalue weighted by molar-refractivity contribution is 0.566. The van der Waals surface area contributed by atoms with Gasteiger partial charge in [0.2, 0.25) is 10.0 Å². The third-order valence-electron chi connectivity index (χ3n) is 5.04. The second kappa shape index (κ2) is 8.89. The lowest BCUT2D eigenvalue weighted by Gasteiger charge is -2.16. The highest BCUT2D eigenvalue weighted by Gasteiger charge is 2.17. The molecular formula is C23H25N5O2S. The van der Waals surface area contributed by atoms with E-state index < -0.39 is 10.0 Å². The number of hydrogen-bond acceptors (Lipinski definition) is 5. The molecule has 4 aromatic rings. The zero-order valence-electron chi connectivity index (χ0n) is 17.2. The van der Waals surface area contributed by atoms with Crippen LogP contribution < -0.4 is 15.8 Å². The summed E-state index contributed by atoms with van der Waals surface area (Å²) in [5, 5.41) is 8.85. The summed E-state index contributed by atoms with van der Waals surface area (Å²) < 4.78 is 29.6. The number of aromatic nitrogens is 2. The summed E-state index contributed by atoms with van der Waals surface area (Å²) in [6, 6.07) is 22.0. The Morgan fingerprint density at radius 1 is 1.00 bits per heavy atom. The largest absolute Gasteiger partial charge is 0.383 e. The fourth-order valence-electron chi connectivity index (χ4n) is 3.42. The maximum absolute atomic E-state index is 12.5. The van der Waals surface area contributed by atoms with Crippen molar-refractivity contribution in [3.63, 3.8) is 0 Å². The third kappa shape index (κ3) is 4.61. The van der Waals surface area contributed by atoms with Crippen LogP contribution in [0.4, 0.5) is 5.69 Å². The monoisotopic (exact) mass is 435 g/mol. The van der Waals surface area contributed by atoms with Gasteiger partial charge in [0.15, 0.2) is 0 Å². The molecule has 1 aromatic heterocycles. The summed E-state index contributed by atoms with van der Waals surface area (Å²) in [7, 11) is -3.56. The maximum Gasteiger partial charge on any atom is 0.240 e. The molecule has 0 aliphatic carbocycles. The summed E-state index contributed by atoms with van der Waals surface area (Å²) in [6.45, 7) is 2.76. The molecule has 0 spiro atoms. The topological polar surface area (TPSA) is 102 Å². The molecule has 0 amide bonds. The second-order valence-corrected chi connectivity index (χ2v) is 9.10. The number of fused-ring (bicyclic) bond motifs is 1. The molecule has 0 radical (unpaired) electrons. The van der Waals surface area contributed by atoms with Crippen LogP contribution in [0.5, 0.6) is 0 Å². The van der Waals surface area contributed by atoms with Crippen LogP contribution in [0.15, 0.2) is 83.9 Å². The van der Waals surface area contributed by atoms with Gasteiger partial charge < -0.3 is 11.1 Å². The highest BCUT2D eigenvalue weighted by Crippen LogP contribution is 2.25. The van der Waals surface area contributed by atoms with Crippen molar-refractivity contribution in [3.05, 3.63) is 84.6 Å². The molecule has 0 saturated carbocycles. The van der Waals surface area contributed by atoms with Crippen molar-refractivity contribution in [1.82, 2.24) is 14.5 Å². The predicted molar refractivity (Wildman–Crippen MR) is 124 cm³/mol. The van der Waals surface area contributed by atoms with Crippen molar-refractivity contribution >= 4 is 26.6 Å². The Bertz CT molecular complexity index is 1270. The van der Waals surface area contributed by atoms with Gasteiger partial charge in [-0.05, 0) is 48.9 Å². The van der Waals surface area contributed by atoms with E-state index in [1.165, 1.54) is 0 Å². The summed E-state index contributed by atoms with van der Waals surface area (Å²) in [5.74, 6) is 0. The van der Waals surface area contributed by atoms with Crippen molar-refractivity contribution in [2.45, 2.75) is 24.4 Å². The molecule has 8 heteroatoms. The predicted octanol–water partition coefficient (Wildman–Crippen LogP) is 3.26. The zero-order valence-corrected chi connectivity index (χ0v) is 18.0. The van der Waals surface area contributed by atoms with Gasteiger partial charge in [-0.3, -0.25) is 0 Å². The minimum absolute atomic E-state index is 0.255. The highest BCUT2D eigenvalue weighted by molar-refractivity contribution is 7.89. The first-order valence-electron chi connectivity index (χ1n) is 10.1. The Morgan fingerprint density at radius 2 is 1.74 bits per heavy atom. The first kappa shape index (κ1) is 21.0. The molecule has 3 aromatic carbocycles. The van der Waals surface area contributed by atoms with E-state index in [4.69, 9.17) is 5.73 Å². The summed E-state index contributed by atoms with van der Waals surface area (Å²) >= 11 is 0. The molecule has 0 aliphatic rings. The molecule has 4 N–H and O–H groups in total. The lowest BCUT2D eigenvalue weighted by atomic mass is 10.2. The number of benzene rings is 3. The van der Waals surface area contributed by atoms with Gasteiger partial charge in [0.25, 0.3) is 0 Å². The minimum Gasteiger partial charge on any atom is -0.383 e. The van der Waals surface area contributed by atoms with Crippen molar-refractivity contribution < 1.29 is 8.42 Å². The molecule has 7 nitrogen and oxygen atoms in total. The van der Waals surface area contributed by atoms with Gasteiger partial charge in [-0.15, -0.1) is 0 Å². The van der Waals surface area contributed by atoms with E-state index in [0.29, 0.717) is 13.1 Å². The third-order valence-corrected chi connectivity index (χ3v) is 6.64. The molecule has 0 unspecified atom stereocenters. The minimum atomic E-state index is -3.56. The first-order valence-corrected chi connectivity index (χ1v) is 11.5. The van der Waals surface area contributed by atoms with E-state index >= 15 is 0 Å². The molecular weight excluding hydrogens is 410 g/mol. The van der Waals surface area contributed by atoms with Crippen molar-refractivity contribution in [2.24, 2.45) is 5.73 Å². The van der Waals surface area contributed by atoms with E-state index in [1.54, 1.807) is 30.3 Å². The second-order valence-electron chi connectivity index (χ2n) is 7.38. The van der Waals surface area contributed by atoms with E-state index in [9.17, 15) is 8.42 Å². The number of rotatable bonds is 8. The lowest BCUT2D eigenvalue weighted by Crippen LogP contribution is -2.37. The number of hydrogen-bond donors (Lipinski definition) is 3. The smallest absolute Gasteiger partial charge is 0.240 e. The number of nitrogens with one attached hydrogen (secondary N) is 2. The Balaban J connectivity index is 1.49. The molecule has 0 bridgehead atoms. The molecule has 0 aliphatic heterocycles. The summed E-state index contributed by atoms with van der Waals surface area (Å²) in [5.41, 5.74) is 9.56. The van der Waals surface area contributed by atoms with Crippen LogP contribution in [-0.4, -0.2) is 30.8 Å². The van der Waals surface area contributed by atoms with Crippen molar-refractivity contribution in [3.8, 4) is 5.69 Å². The van der Waals surface area contributed by atoms with Gasteiger partial charge in [0, 0.05) is 30.2 Å². The van der Waals surface area contributed by atoms with Gasteiger partial charge in [-0.25, -0.2) is 17.8 Å². The highest BCUT2D eigenvalue weighted by atomic mass is 32.2. The SMILES string of the molecule is C[C@@H](CNc1cccc2c1cnn2-c1ccc(CN)cc1)NS(=O)(=O)c1ccccc1. The van der Waals surface area contributed by atoms with Crippen LogP contribution in [0.2, 0.25) is 0 Å². The quantitative estimate of drug-likeness (QED) is 0.394. The molecule has 160 valence electrons. The van der Waals surface area contributed by atoms with Crippen LogP contribution in [0, 0.1) is 0 Å². The number of nitrogens with zero attached hydrogens (tertiary/aromatic N) is 2. The van der Waals surface area contributed by atoms with Gasteiger partial charge in [-0.1, -0.05) is 36.4 Å². The average Bonchev–Trinajstić information content (AvgIpc) is 3.23. The standard InChI is InChI=1S/C23H25N5O2S/c1-17(27-31(29,30)20-6-3-2-4-7-20)15-25-22-8-5-9-23-21(22)16-26-28(23)19-12-10-18(14-24)11-13-19/h2-13,16-17,25,27H,14-15,24H2,1H3/t17-/m0/s1. The summed E-state index contributed by atoms with van der Waals surface area (Å²) in [4.78, 5) is 0.255. The van der Waals surface area contributed by atoms with Gasteiger partial charge >= 0.3 is 0 Å². The van der Waals surface area contributed by atoms with Gasteiger partial charge in [-0.2, -0.15) is 5.10 Å². The van der Waals surface area contributed by atoms with Crippen molar-refractivity contribution in [2.75, 3.05) is 11.9 Å². The van der Waals surface area contributed by atoms with Crippen LogP contribution in [0.1, 0.15) is 12.5 Å². The molecule has 4 rings (SSSR count). The van der Waals surface area contributed by atoms with Crippen LogP contribution >= 0.6 is 0 Å². The average molecular weight is 436 g/mol. The number of anilines is 1. The molecule has 0 saturated heterocycles. The van der Waals surface area contributed by atoms with E-state index in [1.807, 2.05) is 60.3 Å². The van der Waals surface area contributed by atoms with Crippen molar-refractivity contribution in [1.29, 1.82) is 0 Å². The number of nitrogens with two attached hydrogens (primary N) is 1. The fraction of sp³-hybridized carbons (Fsp3) is 0.174. The molecule has 1 atom stereocenters. The Hall–Kier alpha value is -3.20. The van der Waals surface area contributed by atoms with E-state index in [0.717, 1.165) is 27.8 Å². The van der Waals surface area contributed by atoms with E-state index in [-0.39, 0.29) is 10.9 Å². The molecule has 1 heterocycles. The Morgan fingerprint density at radius 3 is 2.45 bits per heavy atom. The number of sulfonamides is 1. The maximum atomic E-state index is 12.5. The Labute approximate surface area is 181 Å². The zero-order chi connectivity index (χ0) is 21.8. The van der Waals surface area contributed by atoms with Gasteiger partial charge in [0.05, 0.1) is 22.3 Å². The van der Waals surface area contributed by atoms with Crippen LogP contribution in [-0.2, 0) is 16.6 Å². The van der Waals surface area contributed by atoms with Gasteiger partial charge in [0.1, 0.15) is 0 Å². The fourth-order valence-corrected chi connectivity index (χ4v) is 4.69. The molecule has 31 heavy (non-hydrogen) atoms. The normalized spacial score (nSPS) is 12.7. The Kier molecular flexibility index (Phi) is 6.03. The summed E-state index contributed by atoms with van der Waals surface area (Å²) in [6.07, 6.45) is 1.81. The van der Waals surface area contributed by atoms with Crippen LogP contribution in [0.25, 0.3) is 16.6 Å². The van der Waals surface area contributed by atoms with E-state index in [2.05, 4.69) is 15.1 Å². The molecule has 0 fully saturated rings. The van der Waals surface area contributed by atoms with Crippen LogP contribution in [0.3, 0.4) is 0 Å². The first-order chi connectivity index (χ1) is 15.0.